The number of aliphatic carboxylic acids is 1. The Kier molecular flexibility index (Phi) is 4.56. The van der Waals surface area contributed by atoms with Gasteiger partial charge in [0, 0.05) is 32.1 Å². The summed E-state index contributed by atoms with van der Waals surface area (Å²) in [6.45, 7) is 2.46. The Bertz CT molecular complexity index is 546. The molecule has 8 heteroatoms. The third kappa shape index (κ3) is 4.04. The molecule has 2 heterocycles. The normalized spacial score (nSPS) is 15.8. The van der Waals surface area contributed by atoms with E-state index < -0.39 is 5.97 Å². The molecule has 114 valence electrons. The highest BCUT2D eigenvalue weighted by molar-refractivity contribution is 5.92. The van der Waals surface area contributed by atoms with Gasteiger partial charge in [-0.1, -0.05) is 0 Å². The van der Waals surface area contributed by atoms with Crippen molar-refractivity contribution in [3.05, 3.63) is 12.4 Å². The van der Waals surface area contributed by atoms with Gasteiger partial charge >= 0.3 is 5.97 Å². The Labute approximate surface area is 121 Å². The molecule has 0 spiro atoms. The number of carbonyl (C=O) groups is 3. The van der Waals surface area contributed by atoms with Gasteiger partial charge < -0.3 is 15.3 Å². The third-order valence-electron chi connectivity index (χ3n) is 3.51. The monoisotopic (exact) mass is 294 g/mol. The van der Waals surface area contributed by atoms with Crippen molar-refractivity contribution in [2.45, 2.75) is 26.3 Å². The molecule has 2 amide bonds. The summed E-state index contributed by atoms with van der Waals surface area (Å²) >= 11 is 0. The minimum Gasteiger partial charge on any atom is -0.480 e. The minimum absolute atomic E-state index is 0.0313. The molecule has 1 aliphatic heterocycles. The fourth-order valence-electron chi connectivity index (χ4n) is 2.35. The SMILES string of the molecule is CC(=O)N1CCC(C(=O)Nc2cnn(CC(=O)O)c2)CC1. The largest absolute Gasteiger partial charge is 0.480 e. The van der Waals surface area contributed by atoms with Crippen molar-refractivity contribution in [3.8, 4) is 0 Å². The van der Waals surface area contributed by atoms with Crippen molar-refractivity contribution in [1.82, 2.24) is 14.7 Å². The molecular formula is C13H18N4O4. The summed E-state index contributed by atoms with van der Waals surface area (Å²) in [6.07, 6.45) is 4.17. The Hall–Kier alpha value is -2.38. The van der Waals surface area contributed by atoms with Crippen LogP contribution in [0.15, 0.2) is 12.4 Å². The maximum absolute atomic E-state index is 12.1. The highest BCUT2D eigenvalue weighted by Crippen LogP contribution is 2.19. The van der Waals surface area contributed by atoms with Crippen LogP contribution in [0.3, 0.4) is 0 Å². The number of likely N-dealkylation sites (tertiary alicyclic amines) is 1. The second kappa shape index (κ2) is 6.38. The van der Waals surface area contributed by atoms with E-state index in [1.165, 1.54) is 24.0 Å². The molecule has 21 heavy (non-hydrogen) atoms. The van der Waals surface area contributed by atoms with E-state index >= 15 is 0 Å². The topological polar surface area (TPSA) is 105 Å². The van der Waals surface area contributed by atoms with Crippen LogP contribution in [0.1, 0.15) is 19.8 Å². The van der Waals surface area contributed by atoms with E-state index in [0.29, 0.717) is 31.6 Å². The predicted molar refractivity (Wildman–Crippen MR) is 73.5 cm³/mol. The second-order valence-corrected chi connectivity index (χ2v) is 5.09. The number of piperidine rings is 1. The molecule has 0 atom stereocenters. The minimum atomic E-state index is -0.993. The van der Waals surface area contributed by atoms with Gasteiger partial charge in [-0.05, 0) is 12.8 Å². The first kappa shape index (κ1) is 15.0. The van der Waals surface area contributed by atoms with Crippen LogP contribution < -0.4 is 5.32 Å². The van der Waals surface area contributed by atoms with Crippen LogP contribution >= 0.6 is 0 Å². The fraction of sp³-hybridized carbons (Fsp3) is 0.538. The Morgan fingerprint density at radius 1 is 1.38 bits per heavy atom. The molecule has 1 aromatic heterocycles. The Morgan fingerprint density at radius 3 is 2.62 bits per heavy atom. The van der Waals surface area contributed by atoms with Crippen LogP contribution in [0, 0.1) is 5.92 Å². The summed E-state index contributed by atoms with van der Waals surface area (Å²) < 4.78 is 1.25. The standard InChI is InChI=1S/C13H18N4O4/c1-9(18)16-4-2-10(3-5-16)13(21)15-11-6-14-17(7-11)8-12(19)20/h6-7,10H,2-5,8H2,1H3,(H,15,21)(H,19,20). The smallest absolute Gasteiger partial charge is 0.325 e. The quantitative estimate of drug-likeness (QED) is 0.823. The zero-order valence-electron chi connectivity index (χ0n) is 11.8. The molecule has 1 saturated heterocycles. The number of rotatable bonds is 4. The molecule has 8 nitrogen and oxygen atoms in total. The van der Waals surface area contributed by atoms with Crippen LogP contribution in [0.5, 0.6) is 0 Å². The van der Waals surface area contributed by atoms with E-state index in [9.17, 15) is 14.4 Å². The molecule has 0 aromatic carbocycles. The lowest BCUT2D eigenvalue weighted by atomic mass is 9.96. The van der Waals surface area contributed by atoms with Gasteiger partial charge in [0.15, 0.2) is 0 Å². The first-order valence-electron chi connectivity index (χ1n) is 6.76. The van der Waals surface area contributed by atoms with Gasteiger partial charge in [0.25, 0.3) is 0 Å². The van der Waals surface area contributed by atoms with E-state index in [4.69, 9.17) is 5.11 Å². The number of nitrogens with one attached hydrogen (secondary N) is 1. The van der Waals surface area contributed by atoms with Gasteiger partial charge in [0.05, 0.1) is 11.9 Å². The zero-order chi connectivity index (χ0) is 15.4. The summed E-state index contributed by atoms with van der Waals surface area (Å²) in [7, 11) is 0. The van der Waals surface area contributed by atoms with Crippen molar-refractivity contribution in [1.29, 1.82) is 0 Å². The van der Waals surface area contributed by atoms with Gasteiger partial charge in [-0.25, -0.2) is 0 Å². The third-order valence-corrected chi connectivity index (χ3v) is 3.51. The molecule has 0 aliphatic carbocycles. The molecule has 1 aromatic rings. The van der Waals surface area contributed by atoms with Crippen molar-refractivity contribution < 1.29 is 19.5 Å². The highest BCUT2D eigenvalue weighted by Gasteiger charge is 2.26. The lowest BCUT2D eigenvalue weighted by molar-refractivity contribution is -0.138. The number of hydrogen-bond acceptors (Lipinski definition) is 4. The number of hydrogen-bond donors (Lipinski definition) is 2. The van der Waals surface area contributed by atoms with E-state index in [1.54, 1.807) is 4.90 Å². The van der Waals surface area contributed by atoms with Gasteiger partial charge in [-0.2, -0.15) is 5.10 Å². The van der Waals surface area contributed by atoms with Gasteiger partial charge in [-0.15, -0.1) is 0 Å². The number of nitrogens with zero attached hydrogens (tertiary/aromatic N) is 3. The molecule has 1 aliphatic rings. The molecule has 0 bridgehead atoms. The van der Waals surface area contributed by atoms with E-state index in [0.717, 1.165) is 0 Å². The number of amides is 2. The van der Waals surface area contributed by atoms with Crippen molar-refractivity contribution in [2.24, 2.45) is 5.92 Å². The van der Waals surface area contributed by atoms with E-state index in [2.05, 4.69) is 10.4 Å². The number of carboxylic acids is 1. The maximum atomic E-state index is 12.1. The number of carboxylic acid groups (broad SMARTS) is 1. The van der Waals surface area contributed by atoms with Crippen molar-refractivity contribution in [2.75, 3.05) is 18.4 Å². The Balaban J connectivity index is 1.86. The van der Waals surface area contributed by atoms with E-state index in [-0.39, 0.29) is 24.3 Å². The van der Waals surface area contributed by atoms with Gasteiger partial charge in [0.2, 0.25) is 11.8 Å². The summed E-state index contributed by atoms with van der Waals surface area (Å²) in [5.41, 5.74) is 0.482. The van der Waals surface area contributed by atoms with Crippen LogP contribution in [0.25, 0.3) is 0 Å². The molecule has 2 N–H and O–H groups in total. The average molecular weight is 294 g/mol. The molecule has 2 rings (SSSR count). The number of anilines is 1. The van der Waals surface area contributed by atoms with E-state index in [1.807, 2.05) is 0 Å². The summed E-state index contributed by atoms with van der Waals surface area (Å²) in [5, 5.41) is 15.2. The van der Waals surface area contributed by atoms with Crippen molar-refractivity contribution >= 4 is 23.5 Å². The summed E-state index contributed by atoms with van der Waals surface area (Å²) in [4.78, 5) is 35.6. The molecule has 0 radical (unpaired) electrons. The average Bonchev–Trinajstić information content (AvgIpc) is 2.85. The van der Waals surface area contributed by atoms with Crippen LogP contribution in [-0.2, 0) is 20.9 Å². The lowest BCUT2D eigenvalue weighted by Crippen LogP contribution is -2.40. The van der Waals surface area contributed by atoms with Crippen LogP contribution in [0.2, 0.25) is 0 Å². The number of carbonyl (C=O) groups excluding carboxylic acids is 2. The lowest BCUT2D eigenvalue weighted by Gasteiger charge is -2.30. The predicted octanol–water partition coefficient (Wildman–Crippen LogP) is 0.165. The van der Waals surface area contributed by atoms with Crippen molar-refractivity contribution in [3.63, 3.8) is 0 Å². The maximum Gasteiger partial charge on any atom is 0.325 e. The first-order valence-corrected chi connectivity index (χ1v) is 6.76. The second-order valence-electron chi connectivity index (χ2n) is 5.09. The van der Waals surface area contributed by atoms with Crippen LogP contribution in [-0.4, -0.2) is 50.7 Å². The molecule has 0 saturated carbocycles. The van der Waals surface area contributed by atoms with Gasteiger partial charge in [-0.3, -0.25) is 19.1 Å². The van der Waals surface area contributed by atoms with Gasteiger partial charge in [0.1, 0.15) is 6.54 Å². The molecular weight excluding hydrogens is 276 g/mol. The summed E-state index contributed by atoms with van der Waals surface area (Å²) in [6, 6.07) is 0. The highest BCUT2D eigenvalue weighted by atomic mass is 16.4. The number of aromatic nitrogens is 2. The molecule has 1 fully saturated rings. The summed E-state index contributed by atoms with van der Waals surface area (Å²) in [5.74, 6) is -1.21. The zero-order valence-corrected chi connectivity index (χ0v) is 11.8. The van der Waals surface area contributed by atoms with Crippen LogP contribution in [0.4, 0.5) is 5.69 Å². The first-order chi connectivity index (χ1) is 9.95. The fourth-order valence-corrected chi connectivity index (χ4v) is 2.35. The molecule has 0 unspecified atom stereocenters. The Morgan fingerprint density at radius 2 is 2.05 bits per heavy atom.